The van der Waals surface area contributed by atoms with E-state index >= 15 is 0 Å². The maximum Gasteiger partial charge on any atom is 0.339 e. The van der Waals surface area contributed by atoms with Crippen LogP contribution in [0.5, 0.6) is 0 Å². The van der Waals surface area contributed by atoms with E-state index in [4.69, 9.17) is 0 Å². The Morgan fingerprint density at radius 2 is 2.19 bits per heavy atom. The molecule has 0 aromatic carbocycles. The first-order valence-corrected chi connectivity index (χ1v) is 7.82. The molecule has 6 nitrogen and oxygen atoms in total. The maximum atomic E-state index is 11.4. The highest BCUT2D eigenvalue weighted by Gasteiger charge is 2.40. The van der Waals surface area contributed by atoms with Crippen LogP contribution in [0.4, 0.5) is 0 Å². The molecule has 2 aliphatic rings. The van der Waals surface area contributed by atoms with E-state index in [0.717, 1.165) is 25.3 Å². The van der Waals surface area contributed by atoms with Crippen molar-refractivity contribution in [2.75, 3.05) is 19.6 Å². The molecular formula is C15H24N4O2. The van der Waals surface area contributed by atoms with Gasteiger partial charge in [0.15, 0.2) is 0 Å². The van der Waals surface area contributed by atoms with Gasteiger partial charge in [-0.25, -0.2) is 4.79 Å². The third-order valence-electron chi connectivity index (χ3n) is 5.10. The fourth-order valence-electron chi connectivity index (χ4n) is 3.84. The van der Waals surface area contributed by atoms with Gasteiger partial charge in [0.2, 0.25) is 0 Å². The summed E-state index contributed by atoms with van der Waals surface area (Å²) in [5.41, 5.74) is 1.35. The first-order valence-electron chi connectivity index (χ1n) is 7.82. The Hall–Kier alpha value is -1.40. The van der Waals surface area contributed by atoms with E-state index in [0.29, 0.717) is 12.1 Å². The average molecular weight is 292 g/mol. The van der Waals surface area contributed by atoms with Crippen LogP contribution in [-0.2, 0) is 13.6 Å². The van der Waals surface area contributed by atoms with Crippen LogP contribution in [0.15, 0.2) is 6.20 Å². The van der Waals surface area contributed by atoms with E-state index in [1.807, 2.05) is 7.05 Å². The Morgan fingerprint density at radius 1 is 1.43 bits per heavy atom. The van der Waals surface area contributed by atoms with Gasteiger partial charge in [0.1, 0.15) is 5.56 Å². The third-order valence-corrected chi connectivity index (χ3v) is 5.10. The van der Waals surface area contributed by atoms with Crippen molar-refractivity contribution in [3.8, 4) is 0 Å². The molecule has 0 radical (unpaired) electrons. The number of carboxylic acids is 1. The standard InChI is InChI=1S/C15H24N4O2/c1-18-13(12(9-17-18)14(20)21)10-19-8-7-16-11-15(19)5-3-2-4-6-15/h9,16H,2-8,10-11H2,1H3,(H,20,21). The molecule has 2 heterocycles. The molecule has 0 atom stereocenters. The van der Waals surface area contributed by atoms with Crippen LogP contribution in [0.3, 0.4) is 0 Å². The minimum absolute atomic E-state index is 0.205. The van der Waals surface area contributed by atoms with Gasteiger partial charge in [0, 0.05) is 38.8 Å². The summed E-state index contributed by atoms with van der Waals surface area (Å²) >= 11 is 0. The highest BCUT2D eigenvalue weighted by atomic mass is 16.4. The van der Waals surface area contributed by atoms with E-state index in [2.05, 4.69) is 15.3 Å². The Labute approximate surface area is 125 Å². The number of nitrogens with zero attached hydrogens (tertiary/aromatic N) is 3. The lowest BCUT2D eigenvalue weighted by molar-refractivity contribution is 0.0187. The summed E-state index contributed by atoms with van der Waals surface area (Å²) in [6, 6.07) is 0. The highest BCUT2D eigenvalue weighted by Crippen LogP contribution is 2.35. The van der Waals surface area contributed by atoms with Crippen molar-refractivity contribution >= 4 is 5.97 Å². The van der Waals surface area contributed by atoms with Crippen molar-refractivity contribution in [1.29, 1.82) is 0 Å². The van der Waals surface area contributed by atoms with Crippen molar-refractivity contribution in [3.05, 3.63) is 17.5 Å². The molecule has 0 bridgehead atoms. The SMILES string of the molecule is Cn1ncc(C(=O)O)c1CN1CCNCC12CCCCC2. The van der Waals surface area contributed by atoms with Gasteiger partial charge in [-0.15, -0.1) is 0 Å². The second-order valence-corrected chi connectivity index (χ2v) is 6.32. The van der Waals surface area contributed by atoms with Gasteiger partial charge < -0.3 is 10.4 Å². The zero-order chi connectivity index (χ0) is 14.9. The van der Waals surface area contributed by atoms with Crippen LogP contribution in [-0.4, -0.2) is 50.9 Å². The summed E-state index contributed by atoms with van der Waals surface area (Å²) in [5, 5.41) is 17.0. The van der Waals surface area contributed by atoms with E-state index in [-0.39, 0.29) is 5.54 Å². The number of carbonyl (C=O) groups is 1. The monoisotopic (exact) mass is 292 g/mol. The van der Waals surface area contributed by atoms with Crippen LogP contribution >= 0.6 is 0 Å². The van der Waals surface area contributed by atoms with Crippen LogP contribution in [0.2, 0.25) is 0 Å². The van der Waals surface area contributed by atoms with Gasteiger partial charge in [-0.1, -0.05) is 19.3 Å². The van der Waals surface area contributed by atoms with Gasteiger partial charge in [0.25, 0.3) is 0 Å². The molecule has 1 saturated carbocycles. The van der Waals surface area contributed by atoms with Crippen LogP contribution < -0.4 is 5.32 Å². The first-order chi connectivity index (χ1) is 10.1. The van der Waals surface area contributed by atoms with Gasteiger partial charge >= 0.3 is 5.97 Å². The quantitative estimate of drug-likeness (QED) is 0.877. The number of rotatable bonds is 3. The minimum atomic E-state index is -0.883. The van der Waals surface area contributed by atoms with E-state index in [1.165, 1.54) is 38.3 Å². The summed E-state index contributed by atoms with van der Waals surface area (Å²) in [7, 11) is 1.83. The van der Waals surface area contributed by atoms with E-state index in [9.17, 15) is 9.90 Å². The molecule has 21 heavy (non-hydrogen) atoms. The molecule has 1 aliphatic heterocycles. The number of aromatic carboxylic acids is 1. The molecule has 1 spiro atoms. The van der Waals surface area contributed by atoms with Gasteiger partial charge in [-0.3, -0.25) is 9.58 Å². The smallest absolute Gasteiger partial charge is 0.339 e. The fourth-order valence-corrected chi connectivity index (χ4v) is 3.84. The zero-order valence-corrected chi connectivity index (χ0v) is 12.6. The predicted octanol–water partition coefficient (Wildman–Crippen LogP) is 1.23. The minimum Gasteiger partial charge on any atom is -0.478 e. The number of hydrogen-bond donors (Lipinski definition) is 2. The summed E-state index contributed by atoms with van der Waals surface area (Å²) in [4.78, 5) is 13.9. The Bertz CT molecular complexity index is 511. The summed E-state index contributed by atoms with van der Waals surface area (Å²) in [6.07, 6.45) is 7.75. The molecule has 116 valence electrons. The van der Waals surface area contributed by atoms with Gasteiger partial charge in [-0.05, 0) is 12.8 Å². The van der Waals surface area contributed by atoms with Crippen LogP contribution in [0.1, 0.15) is 48.2 Å². The van der Waals surface area contributed by atoms with E-state index in [1.54, 1.807) is 4.68 Å². The number of aromatic nitrogens is 2. The first kappa shape index (κ1) is 14.5. The largest absolute Gasteiger partial charge is 0.478 e. The Morgan fingerprint density at radius 3 is 2.90 bits per heavy atom. The molecule has 0 unspecified atom stereocenters. The Balaban J connectivity index is 1.85. The van der Waals surface area contributed by atoms with Gasteiger partial charge in [0.05, 0.1) is 11.9 Å². The van der Waals surface area contributed by atoms with Gasteiger partial charge in [-0.2, -0.15) is 5.10 Å². The van der Waals surface area contributed by atoms with Crippen molar-refractivity contribution in [3.63, 3.8) is 0 Å². The molecule has 1 aromatic heterocycles. The topological polar surface area (TPSA) is 70.4 Å². The normalized spacial score (nSPS) is 22.5. The number of carboxylic acid groups (broad SMARTS) is 1. The second kappa shape index (κ2) is 5.77. The maximum absolute atomic E-state index is 11.4. The zero-order valence-electron chi connectivity index (χ0n) is 12.6. The summed E-state index contributed by atoms with van der Waals surface area (Å²) in [5.74, 6) is -0.883. The lowest BCUT2D eigenvalue weighted by atomic mass is 9.79. The molecule has 1 aliphatic carbocycles. The van der Waals surface area contributed by atoms with Crippen molar-refractivity contribution in [1.82, 2.24) is 20.0 Å². The van der Waals surface area contributed by atoms with Crippen molar-refractivity contribution in [2.24, 2.45) is 7.05 Å². The van der Waals surface area contributed by atoms with E-state index < -0.39 is 5.97 Å². The number of piperazine rings is 1. The molecule has 2 fully saturated rings. The lowest BCUT2D eigenvalue weighted by Crippen LogP contribution is -2.61. The molecule has 2 N–H and O–H groups in total. The summed E-state index contributed by atoms with van der Waals surface area (Å²) < 4.78 is 1.71. The molecule has 1 saturated heterocycles. The lowest BCUT2D eigenvalue weighted by Gasteiger charge is -2.50. The van der Waals surface area contributed by atoms with Crippen molar-refractivity contribution < 1.29 is 9.90 Å². The second-order valence-electron chi connectivity index (χ2n) is 6.32. The predicted molar refractivity (Wildman–Crippen MR) is 79.3 cm³/mol. The average Bonchev–Trinajstić information content (AvgIpc) is 2.84. The number of aryl methyl sites for hydroxylation is 1. The Kier molecular flexibility index (Phi) is 3.99. The number of hydrogen-bond acceptors (Lipinski definition) is 4. The molecule has 6 heteroatoms. The number of nitrogens with one attached hydrogen (secondary N) is 1. The third kappa shape index (κ3) is 2.70. The summed E-state index contributed by atoms with van der Waals surface area (Å²) in [6.45, 7) is 3.65. The van der Waals surface area contributed by atoms with Crippen LogP contribution in [0, 0.1) is 0 Å². The van der Waals surface area contributed by atoms with Crippen molar-refractivity contribution in [2.45, 2.75) is 44.2 Å². The molecule has 3 rings (SSSR count). The van der Waals surface area contributed by atoms with Crippen LogP contribution in [0.25, 0.3) is 0 Å². The molecule has 1 aromatic rings. The molecular weight excluding hydrogens is 268 g/mol. The molecule has 0 amide bonds. The highest BCUT2D eigenvalue weighted by molar-refractivity contribution is 5.88. The fraction of sp³-hybridized carbons (Fsp3) is 0.733.